The topological polar surface area (TPSA) is 75.6 Å². The van der Waals surface area contributed by atoms with Crippen LogP contribution in [0.15, 0.2) is 0 Å². The van der Waals surface area contributed by atoms with Crippen LogP contribution in [0.1, 0.15) is 0 Å². The van der Waals surface area contributed by atoms with Crippen LogP contribution in [-0.4, -0.2) is 42.5 Å². The summed E-state index contributed by atoms with van der Waals surface area (Å²) in [4.78, 5) is 21.1. The van der Waals surface area contributed by atoms with Crippen LogP contribution in [0, 0.1) is 0 Å². The first-order valence-electron chi connectivity index (χ1n) is 3.23. The highest BCUT2D eigenvalue weighted by Crippen LogP contribution is 1.87. The van der Waals surface area contributed by atoms with E-state index in [1.165, 1.54) is 7.11 Å². The molecule has 2 N–H and O–H groups in total. The van der Waals surface area contributed by atoms with Crippen LogP contribution in [-0.2, 0) is 14.3 Å². The Morgan fingerprint density at radius 2 is 2.25 bits per heavy atom. The molecular formula is C6H11NO4S. The number of amides is 1. The predicted molar refractivity (Wildman–Crippen MR) is 45.3 cm³/mol. The van der Waals surface area contributed by atoms with Crippen LogP contribution in [0.2, 0.25) is 0 Å². The van der Waals surface area contributed by atoms with Gasteiger partial charge in [-0.05, 0) is 0 Å². The number of nitrogens with one attached hydrogen (secondary N) is 1. The lowest BCUT2D eigenvalue weighted by Crippen LogP contribution is -2.43. The van der Waals surface area contributed by atoms with Crippen LogP contribution in [0.5, 0.6) is 0 Å². The molecule has 0 aromatic carbocycles. The van der Waals surface area contributed by atoms with Gasteiger partial charge < -0.3 is 15.2 Å². The average Bonchev–Trinajstić information content (AvgIpc) is 2.00. The van der Waals surface area contributed by atoms with E-state index >= 15 is 0 Å². The Morgan fingerprint density at radius 3 is 2.58 bits per heavy atom. The van der Waals surface area contributed by atoms with Crippen LogP contribution in [0.25, 0.3) is 0 Å². The molecule has 70 valence electrons. The molecular weight excluding hydrogens is 182 g/mol. The molecule has 0 heterocycles. The van der Waals surface area contributed by atoms with Gasteiger partial charge in [0.2, 0.25) is 5.91 Å². The van der Waals surface area contributed by atoms with Crippen LogP contribution in [0.3, 0.4) is 0 Å². The first-order valence-corrected chi connectivity index (χ1v) is 3.87. The second-order valence-electron chi connectivity index (χ2n) is 2.07. The summed E-state index contributed by atoms with van der Waals surface area (Å²) in [6, 6.07) is -0.948. The molecule has 0 bridgehead atoms. The van der Waals surface area contributed by atoms with E-state index in [2.05, 4.69) is 22.7 Å². The van der Waals surface area contributed by atoms with E-state index in [-0.39, 0.29) is 12.4 Å². The Morgan fingerprint density at radius 1 is 1.67 bits per heavy atom. The van der Waals surface area contributed by atoms with Gasteiger partial charge in [0.15, 0.2) is 0 Å². The largest absolute Gasteiger partial charge is 0.480 e. The Bertz CT molecular complexity index is 173. The Hall–Kier alpha value is -0.750. The molecule has 0 spiro atoms. The van der Waals surface area contributed by atoms with Crippen molar-refractivity contribution >= 4 is 24.5 Å². The molecule has 0 aliphatic carbocycles. The van der Waals surface area contributed by atoms with E-state index in [0.29, 0.717) is 0 Å². The van der Waals surface area contributed by atoms with Gasteiger partial charge in [-0.3, -0.25) is 4.79 Å². The fraction of sp³-hybridized carbons (Fsp3) is 0.667. The summed E-state index contributed by atoms with van der Waals surface area (Å²) >= 11 is 3.76. The molecule has 0 aliphatic rings. The molecule has 5 nitrogen and oxygen atoms in total. The van der Waals surface area contributed by atoms with Gasteiger partial charge in [0.1, 0.15) is 12.6 Å². The van der Waals surface area contributed by atoms with Crippen molar-refractivity contribution in [2.75, 3.05) is 19.5 Å². The van der Waals surface area contributed by atoms with Crippen molar-refractivity contribution < 1.29 is 19.4 Å². The Kier molecular flexibility index (Phi) is 5.48. The van der Waals surface area contributed by atoms with Gasteiger partial charge in [0.05, 0.1) is 0 Å². The van der Waals surface area contributed by atoms with Gasteiger partial charge in [0.25, 0.3) is 0 Å². The van der Waals surface area contributed by atoms with E-state index in [1.54, 1.807) is 0 Å². The molecule has 0 saturated carbocycles. The number of aliphatic carboxylic acids is 1. The summed E-state index contributed by atoms with van der Waals surface area (Å²) < 4.78 is 4.50. The SMILES string of the molecule is COCC(=O)NC(CS)C(=O)O. The number of carbonyl (C=O) groups excluding carboxylic acids is 1. The van der Waals surface area contributed by atoms with E-state index in [9.17, 15) is 9.59 Å². The lowest BCUT2D eigenvalue weighted by Gasteiger charge is -2.10. The minimum Gasteiger partial charge on any atom is -0.480 e. The highest BCUT2D eigenvalue weighted by atomic mass is 32.1. The molecule has 0 rings (SSSR count). The molecule has 0 saturated heterocycles. The zero-order valence-corrected chi connectivity index (χ0v) is 7.51. The molecule has 12 heavy (non-hydrogen) atoms. The van der Waals surface area contributed by atoms with Crippen LogP contribution in [0.4, 0.5) is 0 Å². The van der Waals surface area contributed by atoms with Gasteiger partial charge in [-0.25, -0.2) is 4.79 Å². The highest BCUT2D eigenvalue weighted by molar-refractivity contribution is 7.80. The molecule has 0 fully saturated rings. The molecule has 0 aromatic rings. The minimum atomic E-state index is -1.10. The van der Waals surface area contributed by atoms with Crippen molar-refractivity contribution in [1.82, 2.24) is 5.32 Å². The van der Waals surface area contributed by atoms with E-state index in [4.69, 9.17) is 5.11 Å². The fourth-order valence-electron chi connectivity index (χ4n) is 0.553. The molecule has 0 aliphatic heterocycles. The monoisotopic (exact) mass is 193 g/mol. The number of carboxylic acids is 1. The molecule has 0 aromatic heterocycles. The average molecular weight is 193 g/mol. The number of rotatable bonds is 5. The third-order valence-corrected chi connectivity index (χ3v) is 1.46. The molecule has 1 amide bonds. The van der Waals surface area contributed by atoms with Crippen LogP contribution < -0.4 is 5.32 Å². The quantitative estimate of drug-likeness (QED) is 0.496. The second-order valence-corrected chi connectivity index (χ2v) is 2.44. The standard InChI is InChI=1S/C6H11NO4S/c1-11-2-5(8)7-4(3-12)6(9)10/h4,12H,2-3H2,1H3,(H,7,8)(H,9,10). The first-order chi connectivity index (χ1) is 5.61. The van der Waals surface area contributed by atoms with Crippen molar-refractivity contribution in [2.45, 2.75) is 6.04 Å². The van der Waals surface area contributed by atoms with Crippen molar-refractivity contribution in [3.8, 4) is 0 Å². The molecule has 0 radical (unpaired) electrons. The molecule has 1 unspecified atom stereocenters. The number of carbonyl (C=O) groups is 2. The summed E-state index contributed by atoms with van der Waals surface area (Å²) in [6.45, 7) is -0.141. The van der Waals surface area contributed by atoms with Crippen molar-refractivity contribution in [2.24, 2.45) is 0 Å². The lowest BCUT2D eigenvalue weighted by molar-refractivity contribution is -0.141. The lowest BCUT2D eigenvalue weighted by atomic mass is 10.3. The summed E-state index contributed by atoms with van der Waals surface area (Å²) in [5.74, 6) is -1.50. The first kappa shape index (κ1) is 11.2. The van der Waals surface area contributed by atoms with Crippen molar-refractivity contribution in [3.63, 3.8) is 0 Å². The zero-order chi connectivity index (χ0) is 9.56. The molecule has 1 atom stereocenters. The van der Waals surface area contributed by atoms with E-state index < -0.39 is 17.9 Å². The fourth-order valence-corrected chi connectivity index (χ4v) is 0.800. The van der Waals surface area contributed by atoms with Crippen molar-refractivity contribution in [1.29, 1.82) is 0 Å². The third kappa shape index (κ3) is 4.20. The number of thiol groups is 1. The summed E-state index contributed by atoms with van der Waals surface area (Å²) in [5, 5.41) is 10.7. The maximum Gasteiger partial charge on any atom is 0.327 e. The summed E-state index contributed by atoms with van der Waals surface area (Å²) in [5.41, 5.74) is 0. The predicted octanol–water partition coefficient (Wildman–Crippen LogP) is -0.868. The van der Waals surface area contributed by atoms with Crippen molar-refractivity contribution in [3.05, 3.63) is 0 Å². The molecule has 6 heteroatoms. The zero-order valence-electron chi connectivity index (χ0n) is 6.61. The van der Waals surface area contributed by atoms with Gasteiger partial charge in [0, 0.05) is 12.9 Å². The highest BCUT2D eigenvalue weighted by Gasteiger charge is 2.17. The normalized spacial score (nSPS) is 12.2. The van der Waals surface area contributed by atoms with E-state index in [0.717, 1.165) is 0 Å². The summed E-state index contributed by atoms with van der Waals surface area (Å²) in [7, 11) is 1.36. The van der Waals surface area contributed by atoms with Gasteiger partial charge in [-0.15, -0.1) is 0 Å². The number of carboxylic acid groups (broad SMARTS) is 1. The van der Waals surface area contributed by atoms with Gasteiger partial charge in [-0.1, -0.05) is 0 Å². The number of hydrogen-bond acceptors (Lipinski definition) is 4. The Balaban J connectivity index is 3.85. The smallest absolute Gasteiger partial charge is 0.327 e. The third-order valence-electron chi connectivity index (χ3n) is 1.09. The van der Waals surface area contributed by atoms with Crippen LogP contribution >= 0.6 is 12.6 Å². The van der Waals surface area contributed by atoms with E-state index in [1.807, 2.05) is 0 Å². The minimum absolute atomic E-state index is 0.0603. The maximum atomic E-state index is 10.8. The number of ether oxygens (including phenoxy) is 1. The Labute approximate surface area is 75.5 Å². The number of hydrogen-bond donors (Lipinski definition) is 3. The van der Waals surface area contributed by atoms with Gasteiger partial charge >= 0.3 is 5.97 Å². The summed E-state index contributed by atoms with van der Waals surface area (Å²) in [6.07, 6.45) is 0. The number of methoxy groups -OCH3 is 1. The maximum absolute atomic E-state index is 10.8. The second kappa shape index (κ2) is 5.84. The van der Waals surface area contributed by atoms with Gasteiger partial charge in [-0.2, -0.15) is 12.6 Å².